The van der Waals surface area contributed by atoms with Gasteiger partial charge in [-0.2, -0.15) is 0 Å². The summed E-state index contributed by atoms with van der Waals surface area (Å²) in [6, 6.07) is 0. The van der Waals surface area contributed by atoms with E-state index in [9.17, 15) is 4.79 Å². The standard InChI is InChI=1S/C13H24BrNO2/c1-11-3-5-12(6-4-11)13(16)15(8-7-14)9-10-17-2/h11-12H,3-10H2,1-2H3. The number of halogens is 1. The Bertz CT molecular complexity index is 227. The molecule has 0 aromatic heterocycles. The van der Waals surface area contributed by atoms with Crippen LogP contribution in [-0.4, -0.2) is 42.9 Å². The van der Waals surface area contributed by atoms with Crippen LogP contribution in [0.15, 0.2) is 0 Å². The van der Waals surface area contributed by atoms with Gasteiger partial charge >= 0.3 is 0 Å². The highest BCUT2D eigenvalue weighted by Crippen LogP contribution is 2.29. The summed E-state index contributed by atoms with van der Waals surface area (Å²) < 4.78 is 5.06. The first kappa shape index (κ1) is 15.0. The summed E-state index contributed by atoms with van der Waals surface area (Å²) in [4.78, 5) is 14.3. The molecule has 17 heavy (non-hydrogen) atoms. The number of rotatable bonds is 6. The molecule has 0 atom stereocenters. The maximum atomic E-state index is 12.4. The smallest absolute Gasteiger partial charge is 0.225 e. The van der Waals surface area contributed by atoms with Gasteiger partial charge < -0.3 is 9.64 Å². The fourth-order valence-corrected chi connectivity index (χ4v) is 2.83. The maximum absolute atomic E-state index is 12.4. The number of hydrogen-bond acceptors (Lipinski definition) is 2. The number of carbonyl (C=O) groups excluding carboxylic acids is 1. The van der Waals surface area contributed by atoms with Gasteiger partial charge in [-0.05, 0) is 31.6 Å². The lowest BCUT2D eigenvalue weighted by atomic mass is 9.82. The van der Waals surface area contributed by atoms with Gasteiger partial charge in [-0.25, -0.2) is 0 Å². The van der Waals surface area contributed by atoms with Gasteiger partial charge in [0, 0.05) is 31.4 Å². The van der Waals surface area contributed by atoms with Gasteiger partial charge in [0.05, 0.1) is 6.61 Å². The van der Waals surface area contributed by atoms with E-state index < -0.39 is 0 Å². The van der Waals surface area contributed by atoms with E-state index in [0.717, 1.165) is 30.6 Å². The van der Waals surface area contributed by atoms with E-state index in [1.54, 1.807) is 7.11 Å². The first-order chi connectivity index (χ1) is 8.19. The molecule has 0 heterocycles. The molecule has 0 spiro atoms. The van der Waals surface area contributed by atoms with Crippen LogP contribution in [0.4, 0.5) is 0 Å². The average Bonchev–Trinajstić information content (AvgIpc) is 2.34. The molecule has 1 aliphatic carbocycles. The molecule has 1 aliphatic rings. The number of methoxy groups -OCH3 is 1. The summed E-state index contributed by atoms with van der Waals surface area (Å²) in [7, 11) is 1.68. The van der Waals surface area contributed by atoms with Crippen molar-refractivity contribution in [3.05, 3.63) is 0 Å². The molecule has 1 fully saturated rings. The van der Waals surface area contributed by atoms with E-state index in [4.69, 9.17) is 4.74 Å². The number of nitrogens with zero attached hydrogens (tertiary/aromatic N) is 1. The predicted molar refractivity (Wildman–Crippen MR) is 73.4 cm³/mol. The third-order valence-corrected chi connectivity index (χ3v) is 3.95. The molecule has 0 aromatic carbocycles. The third-order valence-electron chi connectivity index (χ3n) is 3.60. The zero-order valence-corrected chi connectivity index (χ0v) is 12.5. The average molecular weight is 306 g/mol. The Morgan fingerprint density at radius 3 is 2.47 bits per heavy atom. The van der Waals surface area contributed by atoms with Crippen LogP contribution in [0, 0.1) is 11.8 Å². The largest absolute Gasteiger partial charge is 0.383 e. The second kappa shape index (κ2) is 8.09. The SMILES string of the molecule is COCCN(CCBr)C(=O)C1CCC(C)CC1. The summed E-state index contributed by atoms with van der Waals surface area (Å²) >= 11 is 3.41. The molecular weight excluding hydrogens is 282 g/mol. The van der Waals surface area contributed by atoms with Gasteiger partial charge in [-0.1, -0.05) is 22.9 Å². The quantitative estimate of drug-likeness (QED) is 0.706. The van der Waals surface area contributed by atoms with Crippen LogP contribution in [0.25, 0.3) is 0 Å². The van der Waals surface area contributed by atoms with Crippen LogP contribution in [0.3, 0.4) is 0 Å². The molecule has 100 valence electrons. The minimum absolute atomic E-state index is 0.252. The summed E-state index contributed by atoms with van der Waals surface area (Å²) in [6.07, 6.45) is 4.52. The van der Waals surface area contributed by atoms with E-state index in [1.165, 1.54) is 12.8 Å². The Morgan fingerprint density at radius 2 is 1.94 bits per heavy atom. The Morgan fingerprint density at radius 1 is 1.29 bits per heavy atom. The molecule has 1 rings (SSSR count). The van der Waals surface area contributed by atoms with Crippen molar-refractivity contribution in [2.45, 2.75) is 32.6 Å². The zero-order chi connectivity index (χ0) is 12.7. The van der Waals surface area contributed by atoms with Crippen LogP contribution < -0.4 is 0 Å². The monoisotopic (exact) mass is 305 g/mol. The van der Waals surface area contributed by atoms with Crippen molar-refractivity contribution in [2.75, 3.05) is 32.1 Å². The van der Waals surface area contributed by atoms with Crippen LogP contribution in [-0.2, 0) is 9.53 Å². The Labute approximate surface area is 113 Å². The van der Waals surface area contributed by atoms with Crippen molar-refractivity contribution in [1.82, 2.24) is 4.90 Å². The van der Waals surface area contributed by atoms with Gasteiger partial charge in [-0.15, -0.1) is 0 Å². The number of alkyl halides is 1. The van der Waals surface area contributed by atoms with Crippen LogP contribution in [0.5, 0.6) is 0 Å². The summed E-state index contributed by atoms with van der Waals surface area (Å²) in [5.41, 5.74) is 0. The summed E-state index contributed by atoms with van der Waals surface area (Å²) in [5, 5.41) is 0.839. The molecule has 0 saturated heterocycles. The van der Waals surface area contributed by atoms with Gasteiger partial charge in [0.1, 0.15) is 0 Å². The van der Waals surface area contributed by atoms with E-state index in [2.05, 4.69) is 22.9 Å². The first-order valence-corrected chi connectivity index (χ1v) is 7.64. The van der Waals surface area contributed by atoms with Crippen molar-refractivity contribution in [2.24, 2.45) is 11.8 Å². The zero-order valence-electron chi connectivity index (χ0n) is 11.0. The normalized spacial score (nSPS) is 24.6. The van der Waals surface area contributed by atoms with E-state index in [1.807, 2.05) is 4.90 Å². The van der Waals surface area contributed by atoms with Crippen molar-refractivity contribution in [1.29, 1.82) is 0 Å². The summed E-state index contributed by atoms with van der Waals surface area (Å²) in [6.45, 7) is 4.41. The third kappa shape index (κ3) is 4.96. The number of hydrogen-bond donors (Lipinski definition) is 0. The lowest BCUT2D eigenvalue weighted by Crippen LogP contribution is -2.40. The van der Waals surface area contributed by atoms with Crippen LogP contribution in [0.1, 0.15) is 32.6 Å². The number of amides is 1. The van der Waals surface area contributed by atoms with Crippen LogP contribution in [0.2, 0.25) is 0 Å². The molecule has 0 N–H and O–H groups in total. The minimum Gasteiger partial charge on any atom is -0.383 e. The van der Waals surface area contributed by atoms with Gasteiger partial charge in [0.2, 0.25) is 5.91 Å². The van der Waals surface area contributed by atoms with Gasteiger partial charge in [0.25, 0.3) is 0 Å². The molecule has 1 saturated carbocycles. The lowest BCUT2D eigenvalue weighted by molar-refractivity contribution is -0.137. The molecule has 0 aliphatic heterocycles. The number of ether oxygens (including phenoxy) is 1. The fourth-order valence-electron chi connectivity index (χ4n) is 2.40. The Hall–Kier alpha value is -0.0900. The topological polar surface area (TPSA) is 29.5 Å². The van der Waals surface area contributed by atoms with E-state index >= 15 is 0 Å². The van der Waals surface area contributed by atoms with E-state index in [-0.39, 0.29) is 5.92 Å². The molecule has 0 aromatic rings. The Kier molecular flexibility index (Phi) is 7.12. The molecule has 3 nitrogen and oxygen atoms in total. The fraction of sp³-hybridized carbons (Fsp3) is 0.923. The second-order valence-electron chi connectivity index (χ2n) is 4.96. The number of carbonyl (C=O) groups is 1. The highest BCUT2D eigenvalue weighted by atomic mass is 79.9. The second-order valence-corrected chi connectivity index (χ2v) is 5.76. The van der Waals surface area contributed by atoms with Gasteiger partial charge in [0.15, 0.2) is 0 Å². The molecule has 0 bridgehead atoms. The van der Waals surface area contributed by atoms with Crippen molar-refractivity contribution in [3.63, 3.8) is 0 Å². The van der Waals surface area contributed by atoms with Crippen LogP contribution >= 0.6 is 15.9 Å². The predicted octanol–water partition coefficient (Wildman–Crippen LogP) is 2.68. The summed E-state index contributed by atoms with van der Waals surface area (Å²) in [5.74, 6) is 1.37. The minimum atomic E-state index is 0.252. The van der Waals surface area contributed by atoms with Gasteiger partial charge in [-0.3, -0.25) is 4.79 Å². The molecule has 4 heteroatoms. The highest BCUT2D eigenvalue weighted by Gasteiger charge is 2.27. The molecule has 0 radical (unpaired) electrons. The molecule has 1 amide bonds. The first-order valence-electron chi connectivity index (χ1n) is 6.52. The van der Waals surface area contributed by atoms with Crippen molar-refractivity contribution < 1.29 is 9.53 Å². The van der Waals surface area contributed by atoms with Crippen molar-refractivity contribution >= 4 is 21.8 Å². The Balaban J connectivity index is 2.45. The molecule has 0 unspecified atom stereocenters. The van der Waals surface area contributed by atoms with Crippen molar-refractivity contribution in [3.8, 4) is 0 Å². The highest BCUT2D eigenvalue weighted by molar-refractivity contribution is 9.09. The lowest BCUT2D eigenvalue weighted by Gasteiger charge is -2.30. The molecular formula is C13H24BrNO2. The maximum Gasteiger partial charge on any atom is 0.225 e. The van der Waals surface area contributed by atoms with E-state index in [0.29, 0.717) is 19.1 Å².